The van der Waals surface area contributed by atoms with Gasteiger partial charge in [-0.25, -0.2) is 4.79 Å². The number of fused-ring (bicyclic) bond motifs is 1. The molecule has 2 amide bonds. The minimum atomic E-state index is -1.13. The second kappa shape index (κ2) is 9.53. The summed E-state index contributed by atoms with van der Waals surface area (Å²) in [6.45, 7) is 1.86. The second-order valence-corrected chi connectivity index (χ2v) is 12.1. The molecular formula is C18H18N4O4S5. The predicted octanol–water partition coefficient (Wildman–Crippen LogP) is 2.84. The van der Waals surface area contributed by atoms with Gasteiger partial charge in [0, 0.05) is 16.4 Å². The van der Waals surface area contributed by atoms with Crippen molar-refractivity contribution in [3.8, 4) is 0 Å². The molecule has 0 aromatic carbocycles. The molecule has 2 N–H and O–H groups in total. The highest BCUT2D eigenvalue weighted by atomic mass is 32.2. The number of thioether (sulfide) groups is 3. The van der Waals surface area contributed by atoms with Gasteiger partial charge in [-0.3, -0.25) is 14.5 Å². The fourth-order valence-electron chi connectivity index (χ4n) is 3.30. The van der Waals surface area contributed by atoms with Crippen LogP contribution in [-0.4, -0.2) is 67.2 Å². The Kier molecular flexibility index (Phi) is 6.96. The summed E-state index contributed by atoms with van der Waals surface area (Å²) in [6, 6.07) is 3.06. The number of hydrogen-bond donors (Lipinski definition) is 2. The van der Waals surface area contributed by atoms with Crippen molar-refractivity contribution in [2.24, 2.45) is 0 Å². The first-order valence-electron chi connectivity index (χ1n) is 9.10. The second-order valence-electron chi connectivity index (χ2n) is 6.66. The van der Waals surface area contributed by atoms with Gasteiger partial charge in [0.2, 0.25) is 5.91 Å². The first-order chi connectivity index (χ1) is 14.9. The van der Waals surface area contributed by atoms with Crippen LogP contribution in [0, 0.1) is 6.92 Å². The van der Waals surface area contributed by atoms with Crippen LogP contribution in [0.25, 0.3) is 0 Å². The maximum Gasteiger partial charge on any atom is 0.352 e. The lowest BCUT2D eigenvalue weighted by atomic mass is 10.0. The molecule has 2 aliphatic rings. The van der Waals surface area contributed by atoms with Crippen LogP contribution in [0.1, 0.15) is 15.1 Å². The van der Waals surface area contributed by atoms with E-state index in [4.69, 9.17) is 0 Å². The third-order valence-corrected chi connectivity index (χ3v) is 10.1. The highest BCUT2D eigenvalue weighted by molar-refractivity contribution is 8.02. The maximum atomic E-state index is 12.8. The number of carbonyl (C=O) groups excluding carboxylic acids is 2. The Morgan fingerprint density at radius 2 is 2.23 bits per heavy atom. The molecule has 0 bridgehead atoms. The highest BCUT2D eigenvalue weighted by Gasteiger charge is 2.54. The van der Waals surface area contributed by atoms with E-state index in [1.54, 1.807) is 0 Å². The van der Waals surface area contributed by atoms with Crippen molar-refractivity contribution in [1.82, 2.24) is 20.4 Å². The van der Waals surface area contributed by atoms with Gasteiger partial charge in [0.05, 0.1) is 0 Å². The Hall–Kier alpha value is -1.54. The van der Waals surface area contributed by atoms with Gasteiger partial charge in [-0.2, -0.15) is 0 Å². The molecule has 4 rings (SSSR count). The van der Waals surface area contributed by atoms with Crippen molar-refractivity contribution in [3.63, 3.8) is 0 Å². The molecule has 2 aliphatic heterocycles. The van der Waals surface area contributed by atoms with E-state index in [-0.39, 0.29) is 17.5 Å². The zero-order valence-electron chi connectivity index (χ0n) is 16.4. The topological polar surface area (TPSA) is 112 Å². The van der Waals surface area contributed by atoms with Crippen LogP contribution in [-0.2, 0) is 14.4 Å². The van der Waals surface area contributed by atoms with E-state index in [9.17, 15) is 19.5 Å². The van der Waals surface area contributed by atoms with Crippen LogP contribution < -0.4 is 5.32 Å². The molecule has 2 aromatic heterocycles. The van der Waals surface area contributed by atoms with Gasteiger partial charge in [-0.1, -0.05) is 29.2 Å². The Balaban J connectivity index is 1.46. The molecule has 1 saturated heterocycles. The number of aliphatic carboxylic acids is 1. The number of nitrogens with zero attached hydrogens (tertiary/aromatic N) is 3. The summed E-state index contributed by atoms with van der Waals surface area (Å²) >= 11 is 7.23. The van der Waals surface area contributed by atoms with E-state index >= 15 is 0 Å². The summed E-state index contributed by atoms with van der Waals surface area (Å²) in [4.78, 5) is 39.8. The Morgan fingerprint density at radius 1 is 1.42 bits per heavy atom. The Bertz CT molecular complexity index is 1040. The number of nitrogens with one attached hydrogen (secondary N) is 1. The molecule has 164 valence electrons. The summed E-state index contributed by atoms with van der Waals surface area (Å²) < 4.78 is 0.763. The van der Waals surface area contributed by atoms with Crippen LogP contribution in [0.15, 0.2) is 33.1 Å². The lowest BCUT2D eigenvalue weighted by molar-refractivity contribution is -0.150. The number of rotatable bonds is 8. The van der Waals surface area contributed by atoms with Gasteiger partial charge in [-0.05, 0) is 30.2 Å². The smallest absolute Gasteiger partial charge is 0.352 e. The standard InChI is InChI=1S/C18H18N4O4S5/c1-8-20-21-18(31-8)30-7-9-6-29-16-11(15(24)22(16)12(9)17(25)26)19-14(23)13(27-2)10-4-3-5-28-10/h3-5,11,13,16H,6-7H2,1-2H3,(H,19,23)(H,25,26)/t11?,13?,16-/m1/s1. The molecular weight excluding hydrogens is 497 g/mol. The van der Waals surface area contributed by atoms with E-state index in [2.05, 4.69) is 15.5 Å². The molecule has 0 spiro atoms. The minimum absolute atomic E-state index is 0.0210. The van der Waals surface area contributed by atoms with Crippen molar-refractivity contribution in [2.75, 3.05) is 17.8 Å². The zero-order chi connectivity index (χ0) is 22.1. The summed E-state index contributed by atoms with van der Waals surface area (Å²) in [7, 11) is 0. The van der Waals surface area contributed by atoms with Crippen molar-refractivity contribution >= 4 is 75.7 Å². The molecule has 8 nitrogen and oxygen atoms in total. The van der Waals surface area contributed by atoms with Crippen LogP contribution in [0.3, 0.4) is 0 Å². The van der Waals surface area contributed by atoms with Crippen LogP contribution in [0.5, 0.6) is 0 Å². The van der Waals surface area contributed by atoms with Crippen molar-refractivity contribution in [2.45, 2.75) is 27.9 Å². The first kappa shape index (κ1) is 22.6. The largest absolute Gasteiger partial charge is 0.477 e. The zero-order valence-corrected chi connectivity index (χ0v) is 20.5. The third-order valence-electron chi connectivity index (χ3n) is 4.70. The Morgan fingerprint density at radius 3 is 2.84 bits per heavy atom. The van der Waals surface area contributed by atoms with E-state index < -0.39 is 22.6 Å². The van der Waals surface area contributed by atoms with E-state index in [0.717, 1.165) is 14.2 Å². The first-order valence-corrected chi connectivity index (χ1v) is 14.1. The van der Waals surface area contributed by atoms with Crippen LogP contribution in [0.2, 0.25) is 0 Å². The fraction of sp³-hybridized carbons (Fsp3) is 0.389. The number of carboxylic acids is 1. The SMILES string of the molecule is CSC(C(=O)NC1C(=O)N2C(C(=O)O)=C(CSc3nnc(C)s3)CS[C@H]12)c1cccs1. The number of aryl methyl sites for hydroxylation is 1. The molecule has 0 saturated carbocycles. The number of carboxylic acid groups (broad SMARTS) is 1. The van der Waals surface area contributed by atoms with Crippen molar-refractivity contribution in [3.05, 3.63) is 38.7 Å². The van der Waals surface area contributed by atoms with Gasteiger partial charge in [0.15, 0.2) is 4.34 Å². The number of aromatic nitrogens is 2. The van der Waals surface area contributed by atoms with Crippen molar-refractivity contribution in [1.29, 1.82) is 0 Å². The average Bonchev–Trinajstić information content (AvgIpc) is 3.42. The lowest BCUT2D eigenvalue weighted by Crippen LogP contribution is -2.70. The molecule has 4 heterocycles. The quantitative estimate of drug-likeness (QED) is 0.406. The molecule has 2 aromatic rings. The van der Waals surface area contributed by atoms with Gasteiger partial charge in [0.1, 0.15) is 27.4 Å². The molecule has 2 unspecified atom stereocenters. The number of β-lactam (4-membered cyclic amide) rings is 1. The normalized spacial score (nSPS) is 21.5. The van der Waals surface area contributed by atoms with Crippen LogP contribution in [0.4, 0.5) is 0 Å². The number of carbonyl (C=O) groups is 3. The van der Waals surface area contributed by atoms with Gasteiger partial charge in [-0.15, -0.1) is 45.1 Å². The highest BCUT2D eigenvalue weighted by Crippen LogP contribution is 2.42. The molecule has 13 heteroatoms. The van der Waals surface area contributed by atoms with Crippen LogP contribution >= 0.6 is 58.0 Å². The molecule has 31 heavy (non-hydrogen) atoms. The molecule has 1 fully saturated rings. The molecule has 0 radical (unpaired) electrons. The lowest BCUT2D eigenvalue weighted by Gasteiger charge is -2.49. The van der Waals surface area contributed by atoms with Gasteiger partial charge < -0.3 is 10.4 Å². The number of thiophene rings is 1. The summed E-state index contributed by atoms with van der Waals surface area (Å²) in [6.07, 6.45) is 1.85. The molecule has 0 aliphatic carbocycles. The minimum Gasteiger partial charge on any atom is -0.477 e. The molecule has 3 atom stereocenters. The van der Waals surface area contributed by atoms with Crippen molar-refractivity contribution < 1.29 is 19.5 Å². The fourth-order valence-corrected chi connectivity index (χ4v) is 8.35. The number of amides is 2. The van der Waals surface area contributed by atoms with E-state index in [1.807, 2.05) is 30.7 Å². The number of hydrogen-bond acceptors (Lipinski definition) is 10. The van der Waals surface area contributed by atoms with Gasteiger partial charge >= 0.3 is 5.97 Å². The maximum absolute atomic E-state index is 12.8. The van der Waals surface area contributed by atoms with Gasteiger partial charge in [0.25, 0.3) is 5.91 Å². The summed E-state index contributed by atoms with van der Waals surface area (Å²) in [5, 5.41) is 22.6. The predicted molar refractivity (Wildman–Crippen MR) is 126 cm³/mol. The summed E-state index contributed by atoms with van der Waals surface area (Å²) in [5.74, 6) is -0.855. The van der Waals surface area contributed by atoms with E-state index in [0.29, 0.717) is 17.1 Å². The summed E-state index contributed by atoms with van der Waals surface area (Å²) in [5.41, 5.74) is 0.693. The monoisotopic (exact) mass is 514 g/mol. The average molecular weight is 515 g/mol. The van der Waals surface area contributed by atoms with E-state index in [1.165, 1.54) is 62.9 Å². The Labute approximate surface area is 199 Å². The third kappa shape index (κ3) is 4.51.